The zero-order valence-corrected chi connectivity index (χ0v) is 12.3. The van der Waals surface area contributed by atoms with E-state index in [4.69, 9.17) is 4.74 Å². The van der Waals surface area contributed by atoms with Crippen molar-refractivity contribution in [2.45, 2.75) is 52.0 Å². The molecular weight excluding hydrogens is 238 g/mol. The summed E-state index contributed by atoms with van der Waals surface area (Å²) in [5.41, 5.74) is 1.07. The van der Waals surface area contributed by atoms with Crippen LogP contribution in [0.25, 0.3) is 0 Å². The normalized spacial score (nSPS) is 16.7. The van der Waals surface area contributed by atoms with Crippen LogP contribution in [-0.2, 0) is 11.3 Å². The second kappa shape index (κ2) is 7.53. The Labute approximate surface area is 116 Å². The van der Waals surface area contributed by atoms with Crippen molar-refractivity contribution in [3.63, 3.8) is 0 Å². The molecule has 0 bridgehead atoms. The van der Waals surface area contributed by atoms with Gasteiger partial charge in [-0.15, -0.1) is 0 Å². The molecule has 0 saturated heterocycles. The summed E-state index contributed by atoms with van der Waals surface area (Å²) in [6.45, 7) is 4.67. The van der Waals surface area contributed by atoms with Crippen LogP contribution in [0.3, 0.4) is 0 Å². The Morgan fingerprint density at radius 1 is 1.37 bits per heavy atom. The minimum atomic E-state index is 0.729. The summed E-state index contributed by atoms with van der Waals surface area (Å²) < 4.78 is 7.29. The van der Waals surface area contributed by atoms with Crippen molar-refractivity contribution in [2.24, 2.45) is 5.92 Å². The van der Waals surface area contributed by atoms with Crippen molar-refractivity contribution in [2.75, 3.05) is 25.6 Å². The molecule has 1 N–H and O–H groups in total. The number of ether oxygens (including phenoxy) is 1. The first-order valence-electron chi connectivity index (χ1n) is 7.56. The maximum Gasteiger partial charge on any atom is 0.203 e. The molecule has 0 amide bonds. The quantitative estimate of drug-likeness (QED) is 0.822. The van der Waals surface area contributed by atoms with Crippen LogP contribution in [0.1, 0.15) is 44.2 Å². The summed E-state index contributed by atoms with van der Waals surface area (Å²) in [4.78, 5) is 4.54. The van der Waals surface area contributed by atoms with Crippen molar-refractivity contribution < 1.29 is 4.74 Å². The van der Waals surface area contributed by atoms with Gasteiger partial charge in [-0.3, -0.25) is 0 Å². The second-order valence-electron chi connectivity index (χ2n) is 5.61. The number of nitrogens with one attached hydrogen (secondary N) is 1. The first kappa shape index (κ1) is 14.4. The van der Waals surface area contributed by atoms with E-state index in [1.165, 1.54) is 38.5 Å². The lowest BCUT2D eigenvalue weighted by Gasteiger charge is -2.21. The molecule has 2 rings (SSSR count). The zero-order chi connectivity index (χ0) is 13.5. The molecule has 1 aromatic rings. The van der Waals surface area contributed by atoms with E-state index in [0.29, 0.717) is 0 Å². The molecule has 0 spiro atoms. The highest BCUT2D eigenvalue weighted by Crippen LogP contribution is 2.26. The summed E-state index contributed by atoms with van der Waals surface area (Å²) in [5.74, 6) is 1.91. The van der Waals surface area contributed by atoms with Crippen molar-refractivity contribution in [3.8, 4) is 0 Å². The highest BCUT2D eigenvalue weighted by Gasteiger charge is 2.13. The fraction of sp³-hybridized carbons (Fsp3) is 0.800. The van der Waals surface area contributed by atoms with Gasteiger partial charge in [0.1, 0.15) is 0 Å². The Kier molecular flexibility index (Phi) is 5.70. The van der Waals surface area contributed by atoms with E-state index in [2.05, 4.69) is 21.1 Å². The van der Waals surface area contributed by atoms with Gasteiger partial charge in [0, 0.05) is 26.4 Å². The zero-order valence-electron chi connectivity index (χ0n) is 12.3. The number of methoxy groups -OCH3 is 1. The molecule has 4 heteroatoms. The highest BCUT2D eigenvalue weighted by atomic mass is 16.5. The fourth-order valence-corrected chi connectivity index (χ4v) is 2.91. The van der Waals surface area contributed by atoms with Gasteiger partial charge in [0.05, 0.1) is 12.3 Å². The van der Waals surface area contributed by atoms with Crippen LogP contribution in [0.2, 0.25) is 0 Å². The summed E-state index contributed by atoms with van der Waals surface area (Å²) in [6.07, 6.45) is 10.5. The number of aryl methyl sites for hydroxylation is 1. The Morgan fingerprint density at radius 2 is 2.16 bits per heavy atom. The topological polar surface area (TPSA) is 39.1 Å². The van der Waals surface area contributed by atoms with Crippen LogP contribution in [-0.4, -0.2) is 29.8 Å². The fourth-order valence-electron chi connectivity index (χ4n) is 2.91. The van der Waals surface area contributed by atoms with Crippen molar-refractivity contribution in [1.82, 2.24) is 9.55 Å². The van der Waals surface area contributed by atoms with E-state index in [-0.39, 0.29) is 0 Å². The summed E-state index contributed by atoms with van der Waals surface area (Å²) in [7, 11) is 1.74. The summed E-state index contributed by atoms with van der Waals surface area (Å²) >= 11 is 0. The van der Waals surface area contributed by atoms with E-state index in [0.717, 1.165) is 37.3 Å². The van der Waals surface area contributed by atoms with Crippen LogP contribution in [0.5, 0.6) is 0 Å². The molecule has 0 aliphatic heterocycles. The lowest BCUT2D eigenvalue weighted by atomic mass is 9.87. The Morgan fingerprint density at radius 3 is 2.89 bits per heavy atom. The molecule has 1 fully saturated rings. The van der Waals surface area contributed by atoms with Crippen LogP contribution in [0.4, 0.5) is 5.95 Å². The monoisotopic (exact) mass is 265 g/mol. The lowest BCUT2D eigenvalue weighted by molar-refractivity contribution is 0.187. The number of hydrogen-bond acceptors (Lipinski definition) is 3. The van der Waals surface area contributed by atoms with Gasteiger partial charge in [-0.05, 0) is 19.3 Å². The first-order chi connectivity index (χ1) is 9.29. The van der Waals surface area contributed by atoms with Crippen molar-refractivity contribution in [3.05, 3.63) is 11.9 Å². The smallest absolute Gasteiger partial charge is 0.203 e. The number of hydrogen-bond donors (Lipinski definition) is 1. The number of nitrogens with zero attached hydrogens (tertiary/aromatic N) is 2. The average molecular weight is 265 g/mol. The first-order valence-corrected chi connectivity index (χ1v) is 7.56. The largest absolute Gasteiger partial charge is 0.383 e. The molecule has 1 aliphatic rings. The molecule has 1 heterocycles. The third-order valence-electron chi connectivity index (χ3n) is 3.99. The highest BCUT2D eigenvalue weighted by molar-refractivity contribution is 5.28. The Bertz CT molecular complexity index is 369. The van der Waals surface area contributed by atoms with Crippen LogP contribution in [0.15, 0.2) is 6.20 Å². The van der Waals surface area contributed by atoms with Gasteiger partial charge in [-0.2, -0.15) is 0 Å². The van der Waals surface area contributed by atoms with E-state index >= 15 is 0 Å². The Balaban J connectivity index is 1.77. The average Bonchev–Trinajstić information content (AvgIpc) is 2.78. The molecule has 1 aliphatic carbocycles. The van der Waals surface area contributed by atoms with E-state index in [1.807, 2.05) is 6.92 Å². The molecule has 108 valence electrons. The van der Waals surface area contributed by atoms with Gasteiger partial charge in [-0.1, -0.05) is 32.1 Å². The Hall–Kier alpha value is -1.03. The van der Waals surface area contributed by atoms with E-state index in [1.54, 1.807) is 7.11 Å². The SMILES string of the molecule is COCCn1cc(C)nc1NCCC1CCCCC1. The van der Waals surface area contributed by atoms with Crippen LogP contribution < -0.4 is 5.32 Å². The number of rotatable bonds is 7. The van der Waals surface area contributed by atoms with E-state index < -0.39 is 0 Å². The van der Waals surface area contributed by atoms with Crippen molar-refractivity contribution in [1.29, 1.82) is 0 Å². The number of anilines is 1. The van der Waals surface area contributed by atoms with Gasteiger partial charge in [-0.25, -0.2) is 4.98 Å². The van der Waals surface area contributed by atoms with Crippen LogP contribution >= 0.6 is 0 Å². The van der Waals surface area contributed by atoms with Crippen LogP contribution in [0, 0.1) is 12.8 Å². The second-order valence-corrected chi connectivity index (χ2v) is 5.61. The van der Waals surface area contributed by atoms with Gasteiger partial charge in [0.2, 0.25) is 5.95 Å². The molecule has 0 radical (unpaired) electrons. The summed E-state index contributed by atoms with van der Waals surface area (Å²) in [6, 6.07) is 0. The van der Waals surface area contributed by atoms with Gasteiger partial charge < -0.3 is 14.6 Å². The standard InChI is InChI=1S/C15H27N3O/c1-13-12-18(10-11-19-2)15(17-13)16-9-8-14-6-4-3-5-7-14/h12,14H,3-11H2,1-2H3,(H,16,17). The lowest BCUT2D eigenvalue weighted by Crippen LogP contribution is -2.15. The van der Waals surface area contributed by atoms with E-state index in [9.17, 15) is 0 Å². The maximum atomic E-state index is 5.13. The molecule has 0 unspecified atom stereocenters. The third kappa shape index (κ3) is 4.53. The van der Waals surface area contributed by atoms with Gasteiger partial charge in [0.25, 0.3) is 0 Å². The molecule has 0 atom stereocenters. The molecule has 1 saturated carbocycles. The number of aromatic nitrogens is 2. The van der Waals surface area contributed by atoms with Crippen molar-refractivity contribution >= 4 is 5.95 Å². The molecular formula is C15H27N3O. The van der Waals surface area contributed by atoms with Gasteiger partial charge >= 0.3 is 0 Å². The molecule has 19 heavy (non-hydrogen) atoms. The maximum absolute atomic E-state index is 5.13. The minimum Gasteiger partial charge on any atom is -0.383 e. The molecule has 1 aromatic heterocycles. The predicted molar refractivity (Wildman–Crippen MR) is 78.5 cm³/mol. The van der Waals surface area contributed by atoms with Gasteiger partial charge in [0.15, 0.2) is 0 Å². The molecule has 4 nitrogen and oxygen atoms in total. The molecule has 0 aromatic carbocycles. The third-order valence-corrected chi connectivity index (χ3v) is 3.99. The minimum absolute atomic E-state index is 0.729. The summed E-state index contributed by atoms with van der Waals surface area (Å²) in [5, 5.41) is 3.49. The number of imidazole rings is 1. The predicted octanol–water partition coefficient (Wildman–Crippen LogP) is 3.22.